The van der Waals surface area contributed by atoms with Crippen LogP contribution in [0.2, 0.25) is 0 Å². The summed E-state index contributed by atoms with van der Waals surface area (Å²) in [6, 6.07) is 6.96. The molecule has 2 aromatic rings. The smallest absolute Gasteiger partial charge is 0.257 e. The Morgan fingerprint density at radius 1 is 1.29 bits per heavy atom. The standard InChI is InChI=1S/C14H17N3O3S/c1-9(2)20-11-6-4-10(5-7-11)13(18)15-14-17-16-12(21-14)8-19-3/h4-7,9H,8H2,1-3H3,(H,15,17,18). The van der Waals surface area contributed by atoms with Gasteiger partial charge in [0.15, 0.2) is 0 Å². The fourth-order valence-electron chi connectivity index (χ4n) is 1.61. The van der Waals surface area contributed by atoms with Gasteiger partial charge in [-0.3, -0.25) is 10.1 Å². The molecule has 0 fully saturated rings. The molecule has 1 N–H and O–H groups in total. The highest BCUT2D eigenvalue weighted by Crippen LogP contribution is 2.18. The van der Waals surface area contributed by atoms with Crippen LogP contribution >= 0.6 is 11.3 Å². The zero-order chi connectivity index (χ0) is 15.2. The largest absolute Gasteiger partial charge is 0.491 e. The quantitative estimate of drug-likeness (QED) is 0.888. The van der Waals surface area contributed by atoms with Crippen LogP contribution < -0.4 is 10.1 Å². The van der Waals surface area contributed by atoms with Crippen molar-refractivity contribution in [2.24, 2.45) is 0 Å². The number of amides is 1. The molecule has 0 aliphatic heterocycles. The molecule has 0 atom stereocenters. The van der Waals surface area contributed by atoms with Crippen LogP contribution in [0.5, 0.6) is 5.75 Å². The maximum atomic E-state index is 12.1. The van der Waals surface area contributed by atoms with Crippen molar-refractivity contribution in [3.8, 4) is 5.75 Å². The second-order valence-corrected chi connectivity index (χ2v) is 5.64. The second kappa shape index (κ2) is 7.14. The third-order valence-electron chi connectivity index (χ3n) is 2.44. The zero-order valence-electron chi connectivity index (χ0n) is 12.1. The molecule has 0 aliphatic carbocycles. The van der Waals surface area contributed by atoms with Gasteiger partial charge in [-0.15, -0.1) is 10.2 Å². The Morgan fingerprint density at radius 2 is 2.00 bits per heavy atom. The lowest BCUT2D eigenvalue weighted by molar-refractivity contribution is 0.102. The van der Waals surface area contributed by atoms with E-state index < -0.39 is 0 Å². The molecule has 0 spiro atoms. The summed E-state index contributed by atoms with van der Waals surface area (Å²) in [6.45, 7) is 4.29. The highest BCUT2D eigenvalue weighted by Gasteiger charge is 2.10. The Hall–Kier alpha value is -1.99. The van der Waals surface area contributed by atoms with Crippen LogP contribution in [0.15, 0.2) is 24.3 Å². The van der Waals surface area contributed by atoms with E-state index in [9.17, 15) is 4.79 Å². The minimum Gasteiger partial charge on any atom is -0.491 e. The Kier molecular flexibility index (Phi) is 5.24. The van der Waals surface area contributed by atoms with E-state index in [0.29, 0.717) is 22.3 Å². The third-order valence-corrected chi connectivity index (χ3v) is 3.26. The SMILES string of the molecule is COCc1nnc(NC(=O)c2ccc(OC(C)C)cc2)s1. The van der Waals surface area contributed by atoms with Crippen LogP contribution in [-0.2, 0) is 11.3 Å². The van der Waals surface area contributed by atoms with E-state index in [4.69, 9.17) is 9.47 Å². The molecule has 0 unspecified atom stereocenters. The summed E-state index contributed by atoms with van der Waals surface area (Å²) >= 11 is 1.29. The Labute approximate surface area is 127 Å². The number of benzene rings is 1. The van der Waals surface area contributed by atoms with E-state index in [1.54, 1.807) is 31.4 Å². The maximum Gasteiger partial charge on any atom is 0.257 e. The van der Waals surface area contributed by atoms with Gasteiger partial charge in [0.1, 0.15) is 17.4 Å². The Morgan fingerprint density at radius 3 is 2.62 bits per heavy atom. The van der Waals surface area contributed by atoms with E-state index in [1.807, 2.05) is 13.8 Å². The minimum atomic E-state index is -0.230. The summed E-state index contributed by atoms with van der Waals surface area (Å²) in [6.07, 6.45) is 0.102. The summed E-state index contributed by atoms with van der Waals surface area (Å²) in [7, 11) is 1.58. The Balaban J connectivity index is 1.99. The molecule has 2 rings (SSSR count). The molecular weight excluding hydrogens is 290 g/mol. The maximum absolute atomic E-state index is 12.1. The number of carbonyl (C=O) groups is 1. The number of nitrogens with one attached hydrogen (secondary N) is 1. The molecule has 112 valence electrons. The molecule has 0 saturated heterocycles. The molecule has 0 saturated carbocycles. The van der Waals surface area contributed by atoms with Crippen molar-refractivity contribution in [3.63, 3.8) is 0 Å². The van der Waals surface area contributed by atoms with Crippen molar-refractivity contribution in [1.82, 2.24) is 10.2 Å². The highest BCUT2D eigenvalue weighted by molar-refractivity contribution is 7.15. The van der Waals surface area contributed by atoms with E-state index in [2.05, 4.69) is 15.5 Å². The first-order valence-corrected chi connectivity index (χ1v) is 7.29. The predicted molar refractivity (Wildman–Crippen MR) is 80.8 cm³/mol. The van der Waals surface area contributed by atoms with Gasteiger partial charge in [-0.05, 0) is 38.1 Å². The molecule has 1 aromatic carbocycles. The molecule has 0 bridgehead atoms. The molecule has 7 heteroatoms. The monoisotopic (exact) mass is 307 g/mol. The van der Waals surface area contributed by atoms with Crippen molar-refractivity contribution >= 4 is 22.4 Å². The number of nitrogens with zero attached hydrogens (tertiary/aromatic N) is 2. The van der Waals surface area contributed by atoms with Crippen molar-refractivity contribution in [3.05, 3.63) is 34.8 Å². The molecule has 1 amide bonds. The molecule has 1 heterocycles. The summed E-state index contributed by atoms with van der Waals surface area (Å²) in [4.78, 5) is 12.1. The summed E-state index contributed by atoms with van der Waals surface area (Å²) < 4.78 is 10.5. The van der Waals surface area contributed by atoms with Gasteiger partial charge in [-0.2, -0.15) is 0 Å². The Bertz CT molecular complexity index is 596. The van der Waals surface area contributed by atoms with Gasteiger partial charge in [0.05, 0.1) is 6.10 Å². The number of hydrogen-bond donors (Lipinski definition) is 1. The normalized spacial score (nSPS) is 10.7. The van der Waals surface area contributed by atoms with Gasteiger partial charge in [-0.25, -0.2) is 0 Å². The number of methoxy groups -OCH3 is 1. The lowest BCUT2D eigenvalue weighted by Crippen LogP contribution is -2.12. The number of hydrogen-bond acceptors (Lipinski definition) is 6. The first-order valence-electron chi connectivity index (χ1n) is 6.48. The molecule has 0 aliphatic rings. The molecule has 21 heavy (non-hydrogen) atoms. The third kappa shape index (κ3) is 4.51. The number of aromatic nitrogens is 2. The molecule has 0 radical (unpaired) electrons. The van der Waals surface area contributed by atoms with E-state index in [1.165, 1.54) is 11.3 Å². The average Bonchev–Trinajstić information content (AvgIpc) is 2.86. The van der Waals surface area contributed by atoms with Crippen molar-refractivity contribution in [1.29, 1.82) is 0 Å². The van der Waals surface area contributed by atoms with Crippen LogP contribution in [0.4, 0.5) is 5.13 Å². The van der Waals surface area contributed by atoms with Crippen LogP contribution in [0.3, 0.4) is 0 Å². The number of carbonyl (C=O) groups excluding carboxylic acids is 1. The molecular formula is C14H17N3O3S. The average molecular weight is 307 g/mol. The lowest BCUT2D eigenvalue weighted by atomic mass is 10.2. The van der Waals surface area contributed by atoms with Gasteiger partial charge in [0.2, 0.25) is 5.13 Å². The van der Waals surface area contributed by atoms with Gasteiger partial charge in [0.25, 0.3) is 5.91 Å². The number of rotatable bonds is 6. The van der Waals surface area contributed by atoms with E-state index in [0.717, 1.165) is 5.75 Å². The summed E-state index contributed by atoms with van der Waals surface area (Å²) in [5, 5.41) is 11.7. The first kappa shape index (κ1) is 15.4. The molecule has 1 aromatic heterocycles. The second-order valence-electron chi connectivity index (χ2n) is 4.58. The van der Waals surface area contributed by atoms with Crippen LogP contribution in [0.1, 0.15) is 29.2 Å². The molecule has 6 nitrogen and oxygen atoms in total. The van der Waals surface area contributed by atoms with Crippen LogP contribution in [-0.4, -0.2) is 29.3 Å². The van der Waals surface area contributed by atoms with Gasteiger partial charge < -0.3 is 9.47 Å². The van der Waals surface area contributed by atoms with Crippen molar-refractivity contribution < 1.29 is 14.3 Å². The number of anilines is 1. The topological polar surface area (TPSA) is 73.3 Å². The highest BCUT2D eigenvalue weighted by atomic mass is 32.1. The van der Waals surface area contributed by atoms with Crippen molar-refractivity contribution in [2.45, 2.75) is 26.6 Å². The fourth-order valence-corrected chi connectivity index (χ4v) is 2.32. The summed E-state index contributed by atoms with van der Waals surface area (Å²) in [5.41, 5.74) is 0.537. The fraction of sp³-hybridized carbons (Fsp3) is 0.357. The lowest BCUT2D eigenvalue weighted by Gasteiger charge is -2.09. The number of ether oxygens (including phenoxy) is 2. The van der Waals surface area contributed by atoms with Gasteiger partial charge in [-0.1, -0.05) is 11.3 Å². The van der Waals surface area contributed by atoms with Crippen LogP contribution in [0, 0.1) is 0 Å². The summed E-state index contributed by atoms with van der Waals surface area (Å²) in [5.74, 6) is 0.506. The van der Waals surface area contributed by atoms with E-state index >= 15 is 0 Å². The predicted octanol–water partition coefficient (Wildman–Crippen LogP) is 2.72. The van der Waals surface area contributed by atoms with Crippen LogP contribution in [0.25, 0.3) is 0 Å². The van der Waals surface area contributed by atoms with Crippen molar-refractivity contribution in [2.75, 3.05) is 12.4 Å². The van der Waals surface area contributed by atoms with E-state index in [-0.39, 0.29) is 12.0 Å². The van der Waals surface area contributed by atoms with Gasteiger partial charge >= 0.3 is 0 Å². The van der Waals surface area contributed by atoms with Gasteiger partial charge in [0, 0.05) is 12.7 Å². The minimum absolute atomic E-state index is 0.102. The first-order chi connectivity index (χ1) is 10.1. The zero-order valence-corrected chi connectivity index (χ0v) is 12.9.